The van der Waals surface area contributed by atoms with Crippen molar-refractivity contribution in [1.29, 1.82) is 0 Å². The predicted octanol–water partition coefficient (Wildman–Crippen LogP) is 2.31. The van der Waals surface area contributed by atoms with E-state index in [0.717, 1.165) is 12.8 Å². The van der Waals surface area contributed by atoms with Gasteiger partial charge in [0.2, 0.25) is 0 Å². The quantitative estimate of drug-likeness (QED) is 0.842. The Bertz CT molecular complexity index is 491. The molecule has 1 heterocycles. The monoisotopic (exact) mass is 280 g/mol. The Labute approximate surface area is 118 Å². The molecule has 1 atom stereocenters. The number of rotatable bonds is 5. The number of amides is 1. The van der Waals surface area contributed by atoms with Gasteiger partial charge >= 0.3 is 0 Å². The van der Waals surface area contributed by atoms with Gasteiger partial charge in [0.05, 0.1) is 5.69 Å². The smallest absolute Gasteiger partial charge is 0.268 e. The van der Waals surface area contributed by atoms with Crippen LogP contribution in [0.15, 0.2) is 18.2 Å². The van der Waals surface area contributed by atoms with Crippen LogP contribution in [0, 0.1) is 11.7 Å². The van der Waals surface area contributed by atoms with Crippen molar-refractivity contribution in [1.82, 2.24) is 0 Å². The molecule has 110 valence electrons. The molecule has 0 fully saturated rings. The summed E-state index contributed by atoms with van der Waals surface area (Å²) >= 11 is 0. The third-order valence-electron chi connectivity index (χ3n) is 3.42. The van der Waals surface area contributed by atoms with E-state index in [9.17, 15) is 9.18 Å². The van der Waals surface area contributed by atoms with Crippen molar-refractivity contribution in [2.24, 2.45) is 11.7 Å². The summed E-state index contributed by atoms with van der Waals surface area (Å²) in [4.78, 5) is 14.1. The molecule has 2 rings (SSSR count). The Morgan fingerprint density at radius 1 is 1.40 bits per heavy atom. The fourth-order valence-corrected chi connectivity index (χ4v) is 2.33. The average molecular weight is 280 g/mol. The van der Waals surface area contributed by atoms with Crippen molar-refractivity contribution in [3.8, 4) is 5.75 Å². The van der Waals surface area contributed by atoms with Gasteiger partial charge in [-0.15, -0.1) is 0 Å². The highest BCUT2D eigenvalue weighted by Gasteiger charge is 2.36. The first kappa shape index (κ1) is 14.8. The second kappa shape index (κ2) is 6.22. The van der Waals surface area contributed by atoms with Gasteiger partial charge in [0.15, 0.2) is 6.10 Å². The highest BCUT2D eigenvalue weighted by molar-refractivity contribution is 6.00. The molecule has 1 amide bonds. The molecule has 2 N–H and O–H groups in total. The molecule has 0 aromatic heterocycles. The average Bonchev–Trinajstić information content (AvgIpc) is 2.41. The van der Waals surface area contributed by atoms with Gasteiger partial charge in [-0.3, -0.25) is 4.79 Å². The molecule has 0 saturated heterocycles. The zero-order chi connectivity index (χ0) is 14.7. The summed E-state index contributed by atoms with van der Waals surface area (Å²) in [5.41, 5.74) is 6.00. The minimum Gasteiger partial charge on any atom is -0.478 e. The fraction of sp³-hybridized carbons (Fsp3) is 0.533. The minimum absolute atomic E-state index is 0.0673. The second-order valence-corrected chi connectivity index (χ2v) is 5.38. The van der Waals surface area contributed by atoms with Crippen molar-refractivity contribution in [3.63, 3.8) is 0 Å². The summed E-state index contributed by atoms with van der Waals surface area (Å²) in [6, 6.07) is 4.29. The maximum absolute atomic E-state index is 13.4. The van der Waals surface area contributed by atoms with Crippen molar-refractivity contribution in [3.05, 3.63) is 24.0 Å². The van der Waals surface area contributed by atoms with Crippen LogP contribution in [0.3, 0.4) is 0 Å². The van der Waals surface area contributed by atoms with Crippen LogP contribution in [-0.4, -0.2) is 25.1 Å². The summed E-state index contributed by atoms with van der Waals surface area (Å²) in [5.74, 6) is 0.164. The van der Waals surface area contributed by atoms with E-state index in [1.807, 2.05) is 13.8 Å². The normalized spacial score (nSPS) is 18.1. The first-order valence-corrected chi connectivity index (χ1v) is 7.02. The van der Waals surface area contributed by atoms with Crippen LogP contribution in [0.25, 0.3) is 0 Å². The van der Waals surface area contributed by atoms with Crippen LogP contribution in [0.2, 0.25) is 0 Å². The number of hydrogen-bond donors (Lipinski definition) is 1. The van der Waals surface area contributed by atoms with Crippen LogP contribution in [0.1, 0.15) is 26.7 Å². The van der Waals surface area contributed by atoms with Crippen LogP contribution >= 0.6 is 0 Å². The first-order valence-electron chi connectivity index (χ1n) is 7.02. The third kappa shape index (κ3) is 2.93. The van der Waals surface area contributed by atoms with Gasteiger partial charge in [0.25, 0.3) is 5.91 Å². The summed E-state index contributed by atoms with van der Waals surface area (Å²) in [5, 5.41) is 0. The number of unbranched alkanes of at least 4 members (excludes halogenated alkanes) is 1. The van der Waals surface area contributed by atoms with E-state index in [1.165, 1.54) is 12.1 Å². The van der Waals surface area contributed by atoms with Crippen molar-refractivity contribution in [2.45, 2.75) is 32.8 Å². The van der Waals surface area contributed by atoms with Gasteiger partial charge in [-0.05, 0) is 37.4 Å². The number of nitrogens with zero attached hydrogens (tertiary/aromatic N) is 1. The molecule has 1 aromatic carbocycles. The largest absolute Gasteiger partial charge is 0.478 e. The maximum atomic E-state index is 13.4. The summed E-state index contributed by atoms with van der Waals surface area (Å²) in [6.45, 7) is 5.01. The van der Waals surface area contributed by atoms with E-state index < -0.39 is 6.10 Å². The van der Waals surface area contributed by atoms with Crippen molar-refractivity contribution in [2.75, 3.05) is 18.0 Å². The number of fused-ring (bicyclic) bond motifs is 1. The van der Waals surface area contributed by atoms with Gasteiger partial charge in [-0.25, -0.2) is 4.39 Å². The van der Waals surface area contributed by atoms with E-state index in [1.54, 1.807) is 11.0 Å². The van der Waals surface area contributed by atoms with Crippen molar-refractivity contribution < 1.29 is 13.9 Å². The molecule has 1 aliphatic heterocycles. The lowest BCUT2D eigenvalue weighted by atomic mass is 10.0. The van der Waals surface area contributed by atoms with E-state index in [-0.39, 0.29) is 17.6 Å². The highest BCUT2D eigenvalue weighted by atomic mass is 19.1. The topological polar surface area (TPSA) is 55.6 Å². The van der Waals surface area contributed by atoms with Crippen LogP contribution < -0.4 is 15.4 Å². The Kier molecular flexibility index (Phi) is 4.60. The molecule has 5 heteroatoms. The van der Waals surface area contributed by atoms with Gasteiger partial charge in [0.1, 0.15) is 11.6 Å². The number of halogens is 1. The maximum Gasteiger partial charge on any atom is 0.268 e. The first-order chi connectivity index (χ1) is 9.54. The Morgan fingerprint density at radius 3 is 2.80 bits per heavy atom. The highest BCUT2D eigenvalue weighted by Crippen LogP contribution is 2.36. The lowest BCUT2D eigenvalue weighted by molar-refractivity contribution is -0.128. The molecule has 0 aliphatic carbocycles. The minimum atomic E-state index is -0.508. The van der Waals surface area contributed by atoms with E-state index in [4.69, 9.17) is 10.5 Å². The Balaban J connectivity index is 2.30. The van der Waals surface area contributed by atoms with E-state index in [2.05, 4.69) is 0 Å². The zero-order valence-electron chi connectivity index (χ0n) is 11.9. The molecule has 0 bridgehead atoms. The molecule has 4 nitrogen and oxygen atoms in total. The standard InChI is InChI=1S/C15H21FN2O2/c1-10(2)14-15(19)18(8-4-3-7-17)12-9-11(16)5-6-13(12)20-14/h5-6,9-10,14H,3-4,7-8,17H2,1-2H3. The summed E-state index contributed by atoms with van der Waals surface area (Å²) in [7, 11) is 0. The summed E-state index contributed by atoms with van der Waals surface area (Å²) < 4.78 is 19.1. The van der Waals surface area contributed by atoms with Crippen LogP contribution in [-0.2, 0) is 4.79 Å². The number of benzene rings is 1. The molecule has 20 heavy (non-hydrogen) atoms. The third-order valence-corrected chi connectivity index (χ3v) is 3.42. The van der Waals surface area contributed by atoms with Crippen molar-refractivity contribution >= 4 is 11.6 Å². The Hall–Kier alpha value is -1.62. The van der Waals surface area contributed by atoms with Gasteiger partial charge in [-0.1, -0.05) is 13.8 Å². The number of hydrogen-bond acceptors (Lipinski definition) is 3. The lowest BCUT2D eigenvalue weighted by Gasteiger charge is -2.36. The number of anilines is 1. The molecular weight excluding hydrogens is 259 g/mol. The zero-order valence-corrected chi connectivity index (χ0v) is 11.9. The van der Waals surface area contributed by atoms with Gasteiger partial charge in [0, 0.05) is 12.6 Å². The van der Waals surface area contributed by atoms with E-state index in [0.29, 0.717) is 24.5 Å². The molecule has 1 unspecified atom stereocenters. The number of ether oxygens (including phenoxy) is 1. The molecule has 1 aromatic rings. The fourth-order valence-electron chi connectivity index (χ4n) is 2.33. The number of carbonyl (C=O) groups is 1. The SMILES string of the molecule is CC(C)C1Oc2ccc(F)cc2N(CCCCN)C1=O. The van der Waals surface area contributed by atoms with Gasteiger partial charge in [-0.2, -0.15) is 0 Å². The molecule has 0 saturated carbocycles. The molecule has 0 radical (unpaired) electrons. The van der Waals surface area contributed by atoms with Crippen LogP contribution in [0.5, 0.6) is 5.75 Å². The lowest BCUT2D eigenvalue weighted by Crippen LogP contribution is -2.48. The van der Waals surface area contributed by atoms with E-state index >= 15 is 0 Å². The Morgan fingerprint density at radius 2 is 2.15 bits per heavy atom. The van der Waals surface area contributed by atoms with Gasteiger partial charge < -0.3 is 15.4 Å². The molecular formula is C15H21FN2O2. The van der Waals surface area contributed by atoms with Crippen LogP contribution in [0.4, 0.5) is 10.1 Å². The number of carbonyl (C=O) groups excluding carboxylic acids is 1. The summed E-state index contributed by atoms with van der Waals surface area (Å²) in [6.07, 6.45) is 1.12. The molecule has 0 spiro atoms. The predicted molar refractivity (Wildman–Crippen MR) is 76.3 cm³/mol. The number of nitrogens with two attached hydrogens (primary N) is 1. The second-order valence-electron chi connectivity index (χ2n) is 5.38. The molecule has 1 aliphatic rings.